The highest BCUT2D eigenvalue weighted by Crippen LogP contribution is 2.37. The topological polar surface area (TPSA) is 158 Å². The first-order valence-corrected chi connectivity index (χ1v) is 40.6. The van der Waals surface area contributed by atoms with E-state index in [4.69, 9.17) is 4.33 Å². The highest BCUT2D eigenvalue weighted by atomic mass is 32.2. The van der Waals surface area contributed by atoms with Crippen molar-refractivity contribution in [2.45, 2.75) is 313 Å². The molecule has 0 bridgehead atoms. The van der Waals surface area contributed by atoms with Gasteiger partial charge in [0.15, 0.2) is 0 Å². The first-order chi connectivity index (χ1) is 44.3. The summed E-state index contributed by atoms with van der Waals surface area (Å²) < 4.78 is 88.7. The third-order valence-corrected chi connectivity index (χ3v) is 23.5. The van der Waals surface area contributed by atoms with E-state index in [1.165, 1.54) is 204 Å². The molecule has 6 unspecified atom stereocenters. The van der Waals surface area contributed by atoms with Crippen LogP contribution in [0.3, 0.4) is 0 Å². The lowest BCUT2D eigenvalue weighted by Crippen LogP contribution is -2.21. The Morgan fingerprint density at radius 3 is 1.26 bits per heavy atom. The van der Waals surface area contributed by atoms with Gasteiger partial charge in [0.05, 0.1) is 55.2 Å². The van der Waals surface area contributed by atoms with Gasteiger partial charge in [-0.1, -0.05) is 299 Å². The maximum atomic E-state index is 11.8. The summed E-state index contributed by atoms with van der Waals surface area (Å²) in [5.41, 5.74) is 4.99. The summed E-state index contributed by atoms with van der Waals surface area (Å²) in [5, 5.41) is 4.49. The van der Waals surface area contributed by atoms with Crippen LogP contribution in [-0.2, 0) is 73.4 Å². The van der Waals surface area contributed by atoms with Crippen molar-refractivity contribution in [3.63, 3.8) is 0 Å². The van der Waals surface area contributed by atoms with E-state index >= 15 is 0 Å². The normalized spacial score (nSPS) is 14.3. The highest BCUT2D eigenvalue weighted by Gasteiger charge is 2.27. The molecule has 0 fully saturated rings. The summed E-state index contributed by atoms with van der Waals surface area (Å²) in [4.78, 5) is 6.19. The van der Waals surface area contributed by atoms with Crippen molar-refractivity contribution < 1.29 is 52.1 Å². The van der Waals surface area contributed by atoms with Gasteiger partial charge < -0.3 is 0 Å². The molecule has 0 N–H and O–H groups in total. The fourth-order valence-electron chi connectivity index (χ4n) is 12.3. The van der Waals surface area contributed by atoms with Gasteiger partial charge in [-0.05, 0) is 149 Å². The smallest absolute Gasteiger partial charge is 0.270 e. The fraction of sp³-hybridized carbons (Fsp3) is 0.692. The number of unbranched alkanes of at least 4 members (excludes halogenated alkanes) is 8. The van der Waals surface area contributed by atoms with Crippen LogP contribution in [0.25, 0.3) is 0 Å². The zero-order valence-electron chi connectivity index (χ0n) is 62.4. The predicted molar refractivity (Wildman–Crippen MR) is 395 cm³/mol. The van der Waals surface area contributed by atoms with E-state index in [0.29, 0.717) is 11.8 Å². The molecule has 0 heterocycles. The van der Waals surface area contributed by atoms with Gasteiger partial charge in [-0.15, -0.1) is 4.33 Å². The molecule has 16 heteroatoms. The molecule has 0 saturated carbocycles. The molecule has 0 amide bonds. The summed E-state index contributed by atoms with van der Waals surface area (Å²) >= 11 is 1.21. The lowest BCUT2D eigenvalue weighted by molar-refractivity contribution is -0.447. The summed E-state index contributed by atoms with van der Waals surface area (Å²) in [6.45, 7) is 36.4. The molecule has 6 atom stereocenters. The maximum Gasteiger partial charge on any atom is 0.296 e. The Labute approximate surface area is 581 Å². The number of hydrogen-bond donors (Lipinski definition) is 0. The van der Waals surface area contributed by atoms with Gasteiger partial charge in [-0.2, -0.15) is 25.3 Å². The Kier molecular flexibility index (Phi) is 44.4. The second-order valence-electron chi connectivity index (χ2n) is 28.8. The Hall–Kier alpha value is -3.16. The van der Waals surface area contributed by atoms with Crippen LogP contribution in [0.2, 0.25) is 0 Å². The first kappa shape index (κ1) is 88.9. The van der Waals surface area contributed by atoms with Crippen LogP contribution >= 0.6 is 12.0 Å². The Morgan fingerprint density at radius 2 is 0.798 bits per heavy atom. The van der Waals surface area contributed by atoms with E-state index in [-0.39, 0.29) is 30.9 Å². The largest absolute Gasteiger partial charge is 0.296 e. The number of hydrogen-bond acceptors (Lipinski definition) is 13. The molecule has 0 spiro atoms. The summed E-state index contributed by atoms with van der Waals surface area (Å²) in [5.74, 6) is 4.43. The molecule has 4 aromatic carbocycles. The van der Waals surface area contributed by atoms with Crippen LogP contribution < -0.4 is 0 Å². The molecule has 540 valence electrons. The van der Waals surface area contributed by atoms with E-state index in [1.807, 2.05) is 42.5 Å². The van der Waals surface area contributed by atoms with Gasteiger partial charge in [0, 0.05) is 4.90 Å². The van der Waals surface area contributed by atoms with Crippen LogP contribution in [0.4, 0.5) is 0 Å². The predicted octanol–water partition coefficient (Wildman–Crippen LogP) is 23.2. The molecule has 0 aliphatic carbocycles. The Morgan fingerprint density at radius 1 is 0.394 bits per heavy atom. The molecule has 4 aromatic rings. The molecule has 4 rings (SSSR count). The molecule has 0 aliphatic heterocycles. The van der Waals surface area contributed by atoms with Crippen molar-refractivity contribution in [2.24, 2.45) is 29.6 Å². The standard InChI is InChI=1S/C22H38O3S.2C19H32O3S.C18H30O3S/c1-8-17(2)15-18(3)9-10-19(4)16-22(5,6)20-11-13-21(14-12-20)26(23,24)25-7;1-5-6-11-16(2)12-7-8-13-17(3)18-14-9-10-15-19(18)23-22-21-20-4;1-5-6-7-8-9-10-11-16-19(2,3)17-12-14-18(15-13-17)23(20,21)22-4;1-6-8-15(2)9-7-14-18(3,4)16-10-12-17(13-11-16)22(19,20)21-5/h11-14,17-19H,8-10,15-16H2,1-7H3;9-10,14-17H,5-8,11-13H2,1-4H3;12-15H,5-11,16H2,1-4H3;10-13,15H,6-9,14H2,1-5H3. The van der Waals surface area contributed by atoms with Crippen molar-refractivity contribution in [3.05, 3.63) is 119 Å². The second kappa shape index (κ2) is 47.0. The van der Waals surface area contributed by atoms with Crippen molar-refractivity contribution in [2.75, 3.05) is 28.4 Å². The van der Waals surface area contributed by atoms with Crippen LogP contribution in [0.15, 0.2) is 117 Å². The SMILES string of the molecule is CCC(C)CC(C)CCC(C)CC(C)(C)c1ccc(S(=O)(=O)OC)cc1.CCCC(C)CCCC(C)(C)c1ccc(S(=O)(=O)OC)cc1.CCCCC(C)CCCCC(C)c1ccccc1SOOOC.CCCCCCCCCC(C)(C)c1ccc(S(=O)(=O)OC)cc1. The van der Waals surface area contributed by atoms with Crippen LogP contribution in [0.5, 0.6) is 0 Å². The molecule has 94 heavy (non-hydrogen) atoms. The summed E-state index contributed by atoms with van der Waals surface area (Å²) in [6, 6.07) is 29.6. The van der Waals surface area contributed by atoms with Gasteiger partial charge in [0.1, 0.15) is 0 Å². The van der Waals surface area contributed by atoms with Gasteiger partial charge in [-0.3, -0.25) is 12.5 Å². The van der Waals surface area contributed by atoms with Crippen molar-refractivity contribution in [1.29, 1.82) is 0 Å². The third-order valence-electron chi connectivity index (χ3n) is 18.9. The van der Waals surface area contributed by atoms with Crippen LogP contribution in [-0.4, -0.2) is 53.7 Å². The van der Waals surface area contributed by atoms with Gasteiger partial charge in [0.2, 0.25) is 0 Å². The first-order valence-electron chi connectivity index (χ1n) is 35.6. The van der Waals surface area contributed by atoms with Gasteiger partial charge in [0.25, 0.3) is 30.4 Å². The fourth-order valence-corrected chi connectivity index (χ4v) is 15.0. The van der Waals surface area contributed by atoms with Crippen molar-refractivity contribution in [1.82, 2.24) is 0 Å². The van der Waals surface area contributed by atoms with E-state index in [9.17, 15) is 25.3 Å². The summed E-state index contributed by atoms with van der Waals surface area (Å²) in [7, 11) is -5.81. The monoisotopic (exact) mass is 1390 g/mol. The third kappa shape index (κ3) is 35.6. The summed E-state index contributed by atoms with van der Waals surface area (Å²) in [6.07, 6.45) is 31.8. The average molecular weight is 1390 g/mol. The van der Waals surface area contributed by atoms with E-state index in [0.717, 1.165) is 47.8 Å². The zero-order chi connectivity index (χ0) is 71.0. The molecule has 0 aromatic heterocycles. The van der Waals surface area contributed by atoms with Gasteiger partial charge in [-0.25, -0.2) is 4.89 Å². The molecular weight excluding hydrogens is 1260 g/mol. The molecule has 0 saturated heterocycles. The second-order valence-corrected chi connectivity index (χ2v) is 34.7. The average Bonchev–Trinajstić information content (AvgIpc) is 0.858. The molecule has 0 aliphatic rings. The minimum Gasteiger partial charge on any atom is -0.270 e. The Bertz CT molecular complexity index is 2930. The minimum absolute atomic E-state index is 0.0225. The van der Waals surface area contributed by atoms with Crippen LogP contribution in [0, 0.1) is 29.6 Å². The molecule has 12 nitrogen and oxygen atoms in total. The van der Waals surface area contributed by atoms with Crippen molar-refractivity contribution in [3.8, 4) is 0 Å². The highest BCUT2D eigenvalue weighted by molar-refractivity contribution is 7.94. The van der Waals surface area contributed by atoms with Gasteiger partial charge >= 0.3 is 0 Å². The quantitative estimate of drug-likeness (QED) is 0.0136. The number of rotatable bonds is 44. The lowest BCUT2D eigenvalue weighted by Gasteiger charge is -2.29. The lowest BCUT2D eigenvalue weighted by atomic mass is 9.76. The van der Waals surface area contributed by atoms with E-state index < -0.39 is 30.4 Å². The van der Waals surface area contributed by atoms with Crippen molar-refractivity contribution >= 4 is 42.4 Å². The Balaban J connectivity index is 0.000000628. The van der Waals surface area contributed by atoms with E-state index in [1.54, 1.807) is 36.4 Å². The zero-order valence-corrected chi connectivity index (χ0v) is 65.7. The van der Waals surface area contributed by atoms with E-state index in [2.05, 4.69) is 151 Å². The maximum absolute atomic E-state index is 11.8. The van der Waals surface area contributed by atoms with Crippen LogP contribution in [0.1, 0.15) is 299 Å². The molecular formula is C78H132O12S4. The minimum atomic E-state index is -3.61. The number of benzene rings is 4. The molecule has 0 radical (unpaired) electrons.